The van der Waals surface area contributed by atoms with Crippen molar-refractivity contribution in [2.75, 3.05) is 40.0 Å². The first kappa shape index (κ1) is 18.9. The van der Waals surface area contributed by atoms with E-state index in [-0.39, 0.29) is 6.04 Å². The third-order valence-corrected chi connectivity index (χ3v) is 3.39. The monoisotopic (exact) mass is 326 g/mol. The molecule has 4 N–H and O–H groups in total. The topological polar surface area (TPSA) is 122 Å². The summed E-state index contributed by atoms with van der Waals surface area (Å²) in [6.45, 7) is 4.13. The second kappa shape index (κ2) is 9.78. The van der Waals surface area contributed by atoms with Crippen LogP contribution in [0.1, 0.15) is 11.6 Å². The van der Waals surface area contributed by atoms with Crippen molar-refractivity contribution in [3.63, 3.8) is 0 Å². The number of methoxy groups -OCH3 is 1. The van der Waals surface area contributed by atoms with Crippen molar-refractivity contribution in [2.24, 2.45) is 5.73 Å². The van der Waals surface area contributed by atoms with Gasteiger partial charge in [-0.2, -0.15) is 0 Å². The van der Waals surface area contributed by atoms with Crippen LogP contribution in [0.15, 0.2) is 24.3 Å². The molecule has 8 nitrogen and oxygen atoms in total. The van der Waals surface area contributed by atoms with Gasteiger partial charge in [-0.3, -0.25) is 4.90 Å². The van der Waals surface area contributed by atoms with Crippen LogP contribution in [0.5, 0.6) is 5.75 Å². The van der Waals surface area contributed by atoms with Crippen LogP contribution in [0.25, 0.3) is 0 Å². The highest BCUT2D eigenvalue weighted by Gasteiger charge is 2.21. The zero-order valence-electron chi connectivity index (χ0n) is 13.0. The molecule has 1 unspecified atom stereocenters. The molecule has 1 aromatic rings. The molecule has 23 heavy (non-hydrogen) atoms. The van der Waals surface area contributed by atoms with Gasteiger partial charge in [0.1, 0.15) is 5.75 Å². The first-order valence-electron chi connectivity index (χ1n) is 7.11. The maximum absolute atomic E-state index is 9.10. The van der Waals surface area contributed by atoms with Crippen molar-refractivity contribution in [1.82, 2.24) is 4.90 Å². The molecule has 8 heteroatoms. The van der Waals surface area contributed by atoms with Crippen LogP contribution in [0, 0.1) is 0 Å². The van der Waals surface area contributed by atoms with Crippen LogP contribution in [0.2, 0.25) is 0 Å². The number of rotatable bonds is 4. The molecule has 1 aliphatic rings. The quantitative estimate of drug-likeness (QED) is 0.670. The van der Waals surface area contributed by atoms with Crippen LogP contribution in [-0.2, 0) is 14.3 Å². The SMILES string of the molecule is COc1ccc(C(CN)N2CCOCC2)cc1.O=C(O)C(=O)O. The summed E-state index contributed by atoms with van der Waals surface area (Å²) < 4.78 is 10.5. The molecule has 1 aromatic carbocycles. The Kier molecular flexibility index (Phi) is 8.03. The van der Waals surface area contributed by atoms with E-state index in [1.807, 2.05) is 12.1 Å². The van der Waals surface area contributed by atoms with Crippen molar-refractivity contribution in [2.45, 2.75) is 6.04 Å². The van der Waals surface area contributed by atoms with Crippen molar-refractivity contribution in [1.29, 1.82) is 0 Å². The third-order valence-electron chi connectivity index (χ3n) is 3.39. The van der Waals surface area contributed by atoms with Crippen LogP contribution in [-0.4, -0.2) is 67.0 Å². The fraction of sp³-hybridized carbons (Fsp3) is 0.467. The smallest absolute Gasteiger partial charge is 0.414 e. The summed E-state index contributed by atoms with van der Waals surface area (Å²) in [6.07, 6.45) is 0. The Balaban J connectivity index is 0.000000379. The molecule has 0 spiro atoms. The molecule has 1 fully saturated rings. The number of aliphatic carboxylic acids is 2. The van der Waals surface area contributed by atoms with E-state index in [1.54, 1.807) is 7.11 Å². The van der Waals surface area contributed by atoms with Gasteiger partial charge in [0, 0.05) is 25.7 Å². The Hall–Kier alpha value is -2.16. The van der Waals surface area contributed by atoms with Gasteiger partial charge in [0.25, 0.3) is 0 Å². The minimum atomic E-state index is -1.82. The van der Waals surface area contributed by atoms with Gasteiger partial charge in [0.15, 0.2) is 0 Å². The molecule has 0 aromatic heterocycles. The van der Waals surface area contributed by atoms with Crippen molar-refractivity contribution >= 4 is 11.9 Å². The zero-order chi connectivity index (χ0) is 17.2. The second-order valence-corrected chi connectivity index (χ2v) is 4.78. The Bertz CT molecular complexity index is 487. The predicted octanol–water partition coefficient (Wildman–Crippen LogP) is 0.183. The van der Waals surface area contributed by atoms with Gasteiger partial charge in [-0.05, 0) is 17.7 Å². The molecular formula is C15H22N2O6. The average Bonchev–Trinajstić information content (AvgIpc) is 2.57. The number of morpholine rings is 1. The predicted molar refractivity (Wildman–Crippen MR) is 82.5 cm³/mol. The van der Waals surface area contributed by atoms with E-state index in [1.165, 1.54) is 5.56 Å². The van der Waals surface area contributed by atoms with E-state index in [9.17, 15) is 0 Å². The number of carboxylic acid groups (broad SMARTS) is 2. The zero-order valence-corrected chi connectivity index (χ0v) is 13.0. The Morgan fingerprint density at radius 1 is 1.22 bits per heavy atom. The molecular weight excluding hydrogens is 304 g/mol. The van der Waals surface area contributed by atoms with Gasteiger partial charge in [-0.15, -0.1) is 0 Å². The number of nitrogens with zero attached hydrogens (tertiary/aromatic N) is 1. The van der Waals surface area contributed by atoms with E-state index in [2.05, 4.69) is 17.0 Å². The summed E-state index contributed by atoms with van der Waals surface area (Å²) >= 11 is 0. The van der Waals surface area contributed by atoms with Crippen LogP contribution in [0.3, 0.4) is 0 Å². The molecule has 1 atom stereocenters. The lowest BCUT2D eigenvalue weighted by molar-refractivity contribution is -0.159. The van der Waals surface area contributed by atoms with Gasteiger partial charge in [-0.1, -0.05) is 12.1 Å². The van der Waals surface area contributed by atoms with Crippen LogP contribution >= 0.6 is 0 Å². The molecule has 0 aliphatic carbocycles. The summed E-state index contributed by atoms with van der Waals surface area (Å²) in [5, 5.41) is 14.8. The Morgan fingerprint density at radius 3 is 2.13 bits per heavy atom. The lowest BCUT2D eigenvalue weighted by Gasteiger charge is -2.34. The normalized spacial score (nSPS) is 15.9. The second-order valence-electron chi connectivity index (χ2n) is 4.78. The molecule has 2 rings (SSSR count). The van der Waals surface area contributed by atoms with Gasteiger partial charge >= 0.3 is 11.9 Å². The Morgan fingerprint density at radius 2 is 1.74 bits per heavy atom. The van der Waals surface area contributed by atoms with Crippen molar-refractivity contribution in [3.8, 4) is 5.75 Å². The minimum absolute atomic E-state index is 0.282. The molecule has 1 heterocycles. The van der Waals surface area contributed by atoms with Crippen LogP contribution < -0.4 is 10.5 Å². The lowest BCUT2D eigenvalue weighted by atomic mass is 10.0. The molecule has 0 saturated carbocycles. The van der Waals surface area contributed by atoms with Gasteiger partial charge in [0.05, 0.1) is 20.3 Å². The molecule has 0 bridgehead atoms. The van der Waals surface area contributed by atoms with E-state index in [0.29, 0.717) is 6.54 Å². The fourth-order valence-electron chi connectivity index (χ4n) is 2.21. The van der Waals surface area contributed by atoms with E-state index < -0.39 is 11.9 Å². The number of benzene rings is 1. The minimum Gasteiger partial charge on any atom is -0.497 e. The van der Waals surface area contributed by atoms with E-state index in [0.717, 1.165) is 32.1 Å². The maximum Gasteiger partial charge on any atom is 0.414 e. The van der Waals surface area contributed by atoms with Gasteiger partial charge < -0.3 is 25.4 Å². The molecule has 0 amide bonds. The summed E-state index contributed by atoms with van der Waals surface area (Å²) in [4.78, 5) is 20.6. The summed E-state index contributed by atoms with van der Waals surface area (Å²) in [7, 11) is 1.68. The molecule has 0 radical (unpaired) electrons. The molecule has 1 aliphatic heterocycles. The summed E-state index contributed by atoms with van der Waals surface area (Å²) in [5.74, 6) is -2.77. The highest BCUT2D eigenvalue weighted by Crippen LogP contribution is 2.22. The van der Waals surface area contributed by atoms with Gasteiger partial charge in [-0.25, -0.2) is 9.59 Å². The largest absolute Gasteiger partial charge is 0.497 e. The number of hydrogen-bond donors (Lipinski definition) is 3. The molecule has 1 saturated heterocycles. The fourth-order valence-corrected chi connectivity index (χ4v) is 2.21. The maximum atomic E-state index is 9.10. The lowest BCUT2D eigenvalue weighted by Crippen LogP contribution is -2.41. The first-order valence-corrected chi connectivity index (χ1v) is 7.11. The standard InChI is InChI=1S/C13H20N2O2.C2H2O4/c1-16-12-4-2-11(3-5-12)13(10-14)15-6-8-17-9-7-15;3-1(4)2(5)6/h2-5,13H,6-10,14H2,1H3;(H,3,4)(H,5,6). The van der Waals surface area contributed by atoms with E-state index in [4.69, 9.17) is 35.0 Å². The third kappa shape index (κ3) is 6.23. The number of hydrogen-bond acceptors (Lipinski definition) is 6. The summed E-state index contributed by atoms with van der Waals surface area (Å²) in [6, 6.07) is 8.43. The number of nitrogens with two attached hydrogens (primary N) is 1. The average molecular weight is 326 g/mol. The number of carbonyl (C=O) groups is 2. The van der Waals surface area contributed by atoms with Crippen LogP contribution in [0.4, 0.5) is 0 Å². The highest BCUT2D eigenvalue weighted by atomic mass is 16.5. The van der Waals surface area contributed by atoms with E-state index >= 15 is 0 Å². The highest BCUT2D eigenvalue weighted by molar-refractivity contribution is 6.27. The Labute approximate surface area is 134 Å². The summed E-state index contributed by atoms with van der Waals surface area (Å²) in [5.41, 5.74) is 7.14. The number of carboxylic acids is 2. The molecule has 128 valence electrons. The first-order chi connectivity index (χ1) is 11.0. The van der Waals surface area contributed by atoms with Crippen molar-refractivity contribution < 1.29 is 29.3 Å². The number of ether oxygens (including phenoxy) is 2. The van der Waals surface area contributed by atoms with Crippen molar-refractivity contribution in [3.05, 3.63) is 29.8 Å². The van der Waals surface area contributed by atoms with Gasteiger partial charge in [0.2, 0.25) is 0 Å².